The van der Waals surface area contributed by atoms with Crippen molar-refractivity contribution in [1.82, 2.24) is 10.1 Å². The van der Waals surface area contributed by atoms with Gasteiger partial charge in [-0.3, -0.25) is 0 Å². The van der Waals surface area contributed by atoms with Gasteiger partial charge in [-0.2, -0.15) is 4.98 Å². The maximum Gasteiger partial charge on any atom is 0.265 e. The van der Waals surface area contributed by atoms with E-state index in [4.69, 9.17) is 18.7 Å². The number of hydrogen-bond acceptors (Lipinski definition) is 6. The van der Waals surface area contributed by atoms with Crippen LogP contribution in [0.1, 0.15) is 0 Å². The minimum Gasteiger partial charge on any atom is -0.497 e. The van der Waals surface area contributed by atoms with Gasteiger partial charge in [-0.05, 0) is 24.3 Å². The third kappa shape index (κ3) is 2.83. The van der Waals surface area contributed by atoms with E-state index in [9.17, 15) is 0 Å². The fourth-order valence-electron chi connectivity index (χ4n) is 2.27. The van der Waals surface area contributed by atoms with Crippen LogP contribution in [0.25, 0.3) is 22.8 Å². The van der Waals surface area contributed by atoms with Gasteiger partial charge in [0.05, 0.1) is 21.3 Å². The highest BCUT2D eigenvalue weighted by atomic mass is 16.5. The molecule has 0 bridgehead atoms. The molecule has 0 radical (unpaired) electrons. The van der Waals surface area contributed by atoms with Crippen molar-refractivity contribution in [3.8, 4) is 40.1 Å². The van der Waals surface area contributed by atoms with Gasteiger partial charge in [0.1, 0.15) is 22.8 Å². The lowest BCUT2D eigenvalue weighted by Crippen LogP contribution is -1.93. The van der Waals surface area contributed by atoms with Crippen LogP contribution >= 0.6 is 0 Å². The predicted molar refractivity (Wildman–Crippen MR) is 84.8 cm³/mol. The largest absolute Gasteiger partial charge is 0.497 e. The number of aromatic nitrogens is 2. The molecule has 0 N–H and O–H groups in total. The second kappa shape index (κ2) is 6.39. The molecule has 0 saturated heterocycles. The average molecular weight is 312 g/mol. The number of ether oxygens (including phenoxy) is 3. The standard InChI is InChI=1S/C17H16N2O4/c1-20-12-7-4-6-11(10-12)16-18-17(23-19-16)15-13(21-2)8-5-9-14(15)22-3/h4-10H,1-3H3. The van der Waals surface area contributed by atoms with E-state index < -0.39 is 0 Å². The van der Waals surface area contributed by atoms with Gasteiger partial charge in [-0.25, -0.2) is 0 Å². The molecule has 3 aromatic rings. The third-order valence-electron chi connectivity index (χ3n) is 3.40. The summed E-state index contributed by atoms with van der Waals surface area (Å²) in [6, 6.07) is 12.9. The first-order valence-corrected chi connectivity index (χ1v) is 6.96. The summed E-state index contributed by atoms with van der Waals surface area (Å²) in [5.74, 6) is 2.73. The molecule has 6 heteroatoms. The van der Waals surface area contributed by atoms with Gasteiger partial charge in [0.2, 0.25) is 5.82 Å². The Morgan fingerprint density at radius 3 is 2.22 bits per heavy atom. The predicted octanol–water partition coefficient (Wildman–Crippen LogP) is 3.43. The van der Waals surface area contributed by atoms with Crippen LogP contribution in [0, 0.1) is 0 Å². The molecule has 23 heavy (non-hydrogen) atoms. The molecule has 3 rings (SSSR count). The van der Waals surface area contributed by atoms with Crippen LogP contribution in [0.5, 0.6) is 17.2 Å². The first-order valence-electron chi connectivity index (χ1n) is 6.96. The van der Waals surface area contributed by atoms with Crippen molar-refractivity contribution >= 4 is 0 Å². The Kier molecular flexibility index (Phi) is 4.14. The van der Waals surface area contributed by atoms with Crippen LogP contribution in [-0.4, -0.2) is 31.5 Å². The van der Waals surface area contributed by atoms with E-state index in [-0.39, 0.29) is 0 Å². The lowest BCUT2D eigenvalue weighted by atomic mass is 10.1. The van der Waals surface area contributed by atoms with Crippen molar-refractivity contribution in [2.24, 2.45) is 0 Å². The Bertz CT molecular complexity index is 792. The molecule has 0 atom stereocenters. The molecule has 6 nitrogen and oxygen atoms in total. The van der Waals surface area contributed by atoms with E-state index in [0.29, 0.717) is 28.8 Å². The van der Waals surface area contributed by atoms with Crippen LogP contribution in [0.15, 0.2) is 47.0 Å². The molecule has 1 aromatic heterocycles. The molecule has 1 heterocycles. The zero-order chi connectivity index (χ0) is 16.2. The summed E-state index contributed by atoms with van der Waals surface area (Å²) in [6.45, 7) is 0. The molecule has 0 unspecified atom stereocenters. The van der Waals surface area contributed by atoms with Crippen LogP contribution in [-0.2, 0) is 0 Å². The monoisotopic (exact) mass is 312 g/mol. The maximum atomic E-state index is 5.40. The van der Waals surface area contributed by atoms with Crippen molar-refractivity contribution in [2.75, 3.05) is 21.3 Å². The van der Waals surface area contributed by atoms with Crippen molar-refractivity contribution in [1.29, 1.82) is 0 Å². The molecule has 0 saturated carbocycles. The van der Waals surface area contributed by atoms with Gasteiger partial charge in [0.15, 0.2) is 0 Å². The van der Waals surface area contributed by atoms with E-state index >= 15 is 0 Å². The summed E-state index contributed by atoms with van der Waals surface area (Å²) in [7, 11) is 4.77. The second-order valence-corrected chi connectivity index (χ2v) is 4.69. The number of methoxy groups -OCH3 is 3. The minimum atomic E-state index is 0.331. The Morgan fingerprint density at radius 1 is 0.870 bits per heavy atom. The number of nitrogens with zero attached hydrogens (tertiary/aromatic N) is 2. The molecule has 2 aromatic carbocycles. The number of hydrogen-bond donors (Lipinski definition) is 0. The van der Waals surface area contributed by atoms with E-state index in [1.807, 2.05) is 42.5 Å². The highest BCUT2D eigenvalue weighted by molar-refractivity contribution is 5.72. The highest BCUT2D eigenvalue weighted by Gasteiger charge is 2.19. The summed E-state index contributed by atoms with van der Waals surface area (Å²) >= 11 is 0. The fourth-order valence-corrected chi connectivity index (χ4v) is 2.27. The first-order chi connectivity index (χ1) is 11.3. The first kappa shape index (κ1) is 14.9. The minimum absolute atomic E-state index is 0.331. The number of benzene rings is 2. The van der Waals surface area contributed by atoms with Crippen molar-refractivity contribution in [3.05, 3.63) is 42.5 Å². The van der Waals surface area contributed by atoms with E-state index in [2.05, 4.69) is 10.1 Å². The molecular weight excluding hydrogens is 296 g/mol. The van der Waals surface area contributed by atoms with Gasteiger partial charge < -0.3 is 18.7 Å². The summed E-state index contributed by atoms with van der Waals surface area (Å²) in [6.07, 6.45) is 0. The fraction of sp³-hybridized carbons (Fsp3) is 0.176. The quantitative estimate of drug-likeness (QED) is 0.719. The molecule has 0 amide bonds. The van der Waals surface area contributed by atoms with Crippen LogP contribution in [0.2, 0.25) is 0 Å². The van der Waals surface area contributed by atoms with Gasteiger partial charge in [-0.1, -0.05) is 23.4 Å². The smallest absolute Gasteiger partial charge is 0.265 e. The Hall–Kier alpha value is -3.02. The van der Waals surface area contributed by atoms with E-state index in [1.54, 1.807) is 21.3 Å². The average Bonchev–Trinajstić information content (AvgIpc) is 3.10. The summed E-state index contributed by atoms with van der Waals surface area (Å²) < 4.78 is 21.3. The lowest BCUT2D eigenvalue weighted by molar-refractivity contribution is 0.386. The Balaban J connectivity index is 2.06. The summed E-state index contributed by atoms with van der Waals surface area (Å²) in [5.41, 5.74) is 1.42. The third-order valence-corrected chi connectivity index (χ3v) is 3.40. The van der Waals surface area contributed by atoms with Crippen molar-refractivity contribution < 1.29 is 18.7 Å². The van der Waals surface area contributed by atoms with Crippen LogP contribution in [0.3, 0.4) is 0 Å². The molecule has 118 valence electrons. The normalized spacial score (nSPS) is 10.4. The molecular formula is C17H16N2O4. The zero-order valence-corrected chi connectivity index (χ0v) is 13.1. The Morgan fingerprint density at radius 2 is 1.57 bits per heavy atom. The van der Waals surface area contributed by atoms with Crippen molar-refractivity contribution in [2.45, 2.75) is 0 Å². The molecule has 0 aliphatic carbocycles. The SMILES string of the molecule is COc1cccc(-c2noc(-c3c(OC)cccc3OC)n2)c1. The zero-order valence-electron chi connectivity index (χ0n) is 13.1. The molecule has 0 spiro atoms. The summed E-state index contributed by atoms with van der Waals surface area (Å²) in [4.78, 5) is 4.45. The highest BCUT2D eigenvalue weighted by Crippen LogP contribution is 2.38. The molecule has 0 fully saturated rings. The Labute approximate surface area is 133 Å². The van der Waals surface area contributed by atoms with Crippen LogP contribution < -0.4 is 14.2 Å². The second-order valence-electron chi connectivity index (χ2n) is 4.69. The van der Waals surface area contributed by atoms with Crippen molar-refractivity contribution in [3.63, 3.8) is 0 Å². The van der Waals surface area contributed by atoms with Gasteiger partial charge in [-0.15, -0.1) is 0 Å². The van der Waals surface area contributed by atoms with E-state index in [1.165, 1.54) is 0 Å². The van der Waals surface area contributed by atoms with Gasteiger partial charge in [0.25, 0.3) is 5.89 Å². The van der Waals surface area contributed by atoms with E-state index in [0.717, 1.165) is 11.3 Å². The van der Waals surface area contributed by atoms with Gasteiger partial charge in [0, 0.05) is 5.56 Å². The van der Waals surface area contributed by atoms with Gasteiger partial charge >= 0.3 is 0 Å². The number of rotatable bonds is 5. The molecule has 0 aliphatic heterocycles. The summed E-state index contributed by atoms with van der Waals surface area (Å²) in [5, 5.41) is 4.04. The lowest BCUT2D eigenvalue weighted by Gasteiger charge is -2.09. The van der Waals surface area contributed by atoms with Crippen LogP contribution in [0.4, 0.5) is 0 Å². The molecule has 0 aliphatic rings. The topological polar surface area (TPSA) is 66.6 Å². The maximum absolute atomic E-state index is 5.40.